The van der Waals surface area contributed by atoms with Crippen LogP contribution in [-0.2, 0) is 4.79 Å². The SMILES string of the molecule is N#CCCN(C(=O)CSc1nnc(-c2ccccc2F)o1)c1ccccc1. The molecule has 0 aliphatic heterocycles. The van der Waals surface area contributed by atoms with Gasteiger partial charge in [0.15, 0.2) is 0 Å². The van der Waals surface area contributed by atoms with Crippen molar-refractivity contribution in [2.75, 3.05) is 17.2 Å². The lowest BCUT2D eigenvalue weighted by atomic mass is 10.2. The highest BCUT2D eigenvalue weighted by Crippen LogP contribution is 2.25. The second kappa shape index (κ2) is 8.96. The van der Waals surface area contributed by atoms with E-state index in [1.807, 2.05) is 36.4 Å². The van der Waals surface area contributed by atoms with Crippen molar-refractivity contribution in [1.29, 1.82) is 5.26 Å². The molecule has 0 radical (unpaired) electrons. The Morgan fingerprint density at radius 2 is 1.89 bits per heavy atom. The van der Waals surface area contributed by atoms with Crippen LogP contribution in [0.25, 0.3) is 11.5 Å². The summed E-state index contributed by atoms with van der Waals surface area (Å²) in [7, 11) is 0. The van der Waals surface area contributed by atoms with Crippen LogP contribution in [0.5, 0.6) is 0 Å². The van der Waals surface area contributed by atoms with Crippen molar-refractivity contribution in [2.45, 2.75) is 11.6 Å². The van der Waals surface area contributed by atoms with Gasteiger partial charge in [0.1, 0.15) is 5.82 Å². The summed E-state index contributed by atoms with van der Waals surface area (Å²) in [6.45, 7) is 0.296. The minimum Gasteiger partial charge on any atom is -0.411 e. The molecular formula is C19H15FN4O2S. The fourth-order valence-corrected chi connectivity index (χ4v) is 3.02. The first kappa shape index (κ1) is 18.6. The van der Waals surface area contributed by atoms with Gasteiger partial charge in [0, 0.05) is 12.2 Å². The fraction of sp³-hybridized carbons (Fsp3) is 0.158. The molecule has 0 saturated heterocycles. The molecule has 0 unspecified atom stereocenters. The number of thioether (sulfide) groups is 1. The van der Waals surface area contributed by atoms with E-state index in [0.717, 1.165) is 17.4 Å². The molecule has 0 fully saturated rings. The number of carbonyl (C=O) groups excluding carboxylic acids is 1. The van der Waals surface area contributed by atoms with E-state index in [1.165, 1.54) is 6.07 Å². The van der Waals surface area contributed by atoms with E-state index in [0.29, 0.717) is 6.54 Å². The number of benzene rings is 2. The van der Waals surface area contributed by atoms with Gasteiger partial charge >= 0.3 is 0 Å². The molecule has 0 bridgehead atoms. The predicted molar refractivity (Wildman–Crippen MR) is 99.4 cm³/mol. The lowest BCUT2D eigenvalue weighted by Crippen LogP contribution is -2.33. The van der Waals surface area contributed by atoms with Gasteiger partial charge in [-0.25, -0.2) is 4.39 Å². The number of hydrogen-bond acceptors (Lipinski definition) is 6. The van der Waals surface area contributed by atoms with E-state index in [4.69, 9.17) is 9.68 Å². The van der Waals surface area contributed by atoms with Crippen molar-refractivity contribution in [3.63, 3.8) is 0 Å². The number of nitrogens with zero attached hydrogens (tertiary/aromatic N) is 4. The number of anilines is 1. The van der Waals surface area contributed by atoms with E-state index >= 15 is 0 Å². The fourth-order valence-electron chi connectivity index (χ4n) is 2.38. The number of amides is 1. The Balaban J connectivity index is 1.67. The second-order valence-corrected chi connectivity index (χ2v) is 6.36. The molecule has 6 nitrogen and oxygen atoms in total. The first-order valence-corrected chi connectivity index (χ1v) is 9.11. The zero-order chi connectivity index (χ0) is 19.1. The Labute approximate surface area is 159 Å². The van der Waals surface area contributed by atoms with Gasteiger partial charge in [-0.1, -0.05) is 42.1 Å². The average Bonchev–Trinajstić information content (AvgIpc) is 3.16. The topological polar surface area (TPSA) is 83.0 Å². The van der Waals surface area contributed by atoms with Crippen LogP contribution in [0, 0.1) is 17.1 Å². The second-order valence-electron chi connectivity index (χ2n) is 5.43. The zero-order valence-corrected chi connectivity index (χ0v) is 15.0. The number of hydrogen-bond donors (Lipinski definition) is 0. The lowest BCUT2D eigenvalue weighted by Gasteiger charge is -2.21. The summed E-state index contributed by atoms with van der Waals surface area (Å²) in [6.07, 6.45) is 0.225. The Morgan fingerprint density at radius 3 is 2.63 bits per heavy atom. The Hall–Kier alpha value is -3.18. The van der Waals surface area contributed by atoms with Crippen LogP contribution in [-0.4, -0.2) is 28.4 Å². The molecule has 3 rings (SSSR count). The van der Waals surface area contributed by atoms with Gasteiger partial charge in [-0.15, -0.1) is 10.2 Å². The van der Waals surface area contributed by atoms with Crippen LogP contribution >= 0.6 is 11.8 Å². The Bertz CT molecular complexity index is 956. The molecule has 1 amide bonds. The van der Waals surface area contributed by atoms with Crippen LogP contribution in [0.15, 0.2) is 64.2 Å². The largest absolute Gasteiger partial charge is 0.411 e. The molecule has 1 aromatic heterocycles. The smallest absolute Gasteiger partial charge is 0.277 e. The highest BCUT2D eigenvalue weighted by atomic mass is 32.2. The van der Waals surface area contributed by atoms with Crippen molar-refractivity contribution >= 4 is 23.4 Å². The van der Waals surface area contributed by atoms with Crippen LogP contribution in [0.1, 0.15) is 6.42 Å². The third-order valence-corrected chi connectivity index (χ3v) is 4.45. The molecule has 0 aliphatic carbocycles. The molecule has 2 aromatic carbocycles. The molecule has 27 heavy (non-hydrogen) atoms. The van der Waals surface area contributed by atoms with Crippen molar-refractivity contribution < 1.29 is 13.6 Å². The highest BCUT2D eigenvalue weighted by molar-refractivity contribution is 7.99. The molecule has 136 valence electrons. The summed E-state index contributed by atoms with van der Waals surface area (Å²) in [4.78, 5) is 14.1. The van der Waals surface area contributed by atoms with Gasteiger partial charge in [0.25, 0.3) is 11.1 Å². The molecule has 0 N–H and O–H groups in total. The monoisotopic (exact) mass is 382 g/mol. The molecule has 0 aliphatic rings. The summed E-state index contributed by atoms with van der Waals surface area (Å²) in [5.74, 6) is -0.528. The van der Waals surface area contributed by atoms with Crippen molar-refractivity contribution in [3.8, 4) is 17.5 Å². The number of para-hydroxylation sites is 1. The number of carbonyl (C=O) groups is 1. The highest BCUT2D eigenvalue weighted by Gasteiger charge is 2.18. The van der Waals surface area contributed by atoms with Crippen LogP contribution in [0.2, 0.25) is 0 Å². The average molecular weight is 382 g/mol. The molecule has 0 spiro atoms. The lowest BCUT2D eigenvalue weighted by molar-refractivity contribution is -0.116. The van der Waals surface area contributed by atoms with Gasteiger partial charge in [-0.05, 0) is 24.3 Å². The zero-order valence-electron chi connectivity index (χ0n) is 14.2. The maximum atomic E-state index is 13.8. The molecule has 0 atom stereocenters. The van der Waals surface area contributed by atoms with Gasteiger partial charge < -0.3 is 9.32 Å². The normalized spacial score (nSPS) is 10.4. The summed E-state index contributed by atoms with van der Waals surface area (Å²) < 4.78 is 19.2. The van der Waals surface area contributed by atoms with Crippen molar-refractivity contribution in [1.82, 2.24) is 10.2 Å². The van der Waals surface area contributed by atoms with Crippen LogP contribution in [0.4, 0.5) is 10.1 Å². The summed E-state index contributed by atoms with van der Waals surface area (Å²) >= 11 is 1.07. The van der Waals surface area contributed by atoms with E-state index in [2.05, 4.69) is 10.2 Å². The number of nitriles is 1. The maximum Gasteiger partial charge on any atom is 0.277 e. The quantitative estimate of drug-likeness (QED) is 0.576. The summed E-state index contributed by atoms with van der Waals surface area (Å²) in [5, 5.41) is 16.7. The number of halogens is 1. The van der Waals surface area contributed by atoms with Gasteiger partial charge in [0.2, 0.25) is 5.91 Å². The van der Waals surface area contributed by atoms with Crippen LogP contribution < -0.4 is 4.90 Å². The van der Waals surface area contributed by atoms with E-state index in [-0.39, 0.29) is 34.8 Å². The molecule has 8 heteroatoms. The third-order valence-electron chi connectivity index (χ3n) is 3.65. The minimum atomic E-state index is -0.458. The number of rotatable bonds is 7. The molecule has 0 saturated carbocycles. The Kier molecular flexibility index (Phi) is 6.18. The van der Waals surface area contributed by atoms with Gasteiger partial charge in [0.05, 0.1) is 23.8 Å². The standard InChI is InChI=1S/C19H15FN4O2S/c20-16-10-5-4-9-15(16)18-22-23-19(26-18)27-13-17(25)24(12-6-11-21)14-7-2-1-3-8-14/h1-5,7-10H,6,12-13H2. The molecular weight excluding hydrogens is 367 g/mol. The summed E-state index contributed by atoms with van der Waals surface area (Å²) in [5.41, 5.74) is 0.930. The van der Waals surface area contributed by atoms with E-state index in [9.17, 15) is 9.18 Å². The predicted octanol–water partition coefficient (Wildman–Crippen LogP) is 3.91. The molecule has 3 aromatic rings. The number of aromatic nitrogens is 2. The first-order valence-electron chi connectivity index (χ1n) is 8.12. The van der Waals surface area contributed by atoms with Crippen molar-refractivity contribution in [2.24, 2.45) is 0 Å². The van der Waals surface area contributed by atoms with E-state index < -0.39 is 5.82 Å². The molecule has 1 heterocycles. The summed E-state index contributed by atoms with van der Waals surface area (Å²) in [6, 6.07) is 17.3. The van der Waals surface area contributed by atoms with E-state index in [1.54, 1.807) is 23.1 Å². The van der Waals surface area contributed by atoms with Crippen LogP contribution in [0.3, 0.4) is 0 Å². The van der Waals surface area contributed by atoms with Gasteiger partial charge in [-0.3, -0.25) is 4.79 Å². The minimum absolute atomic E-state index is 0.0548. The third kappa shape index (κ3) is 4.71. The van der Waals surface area contributed by atoms with Crippen molar-refractivity contribution in [3.05, 3.63) is 60.4 Å². The first-order chi connectivity index (χ1) is 13.2. The van der Waals surface area contributed by atoms with Gasteiger partial charge in [-0.2, -0.15) is 5.26 Å². The Morgan fingerprint density at radius 1 is 1.15 bits per heavy atom. The maximum absolute atomic E-state index is 13.8.